The fraction of sp³-hybridized carbons (Fsp3) is 0.357. The molecular weight excluding hydrogens is 502 g/mol. The monoisotopic (exact) mass is 533 g/mol. The van der Waals surface area contributed by atoms with Gasteiger partial charge >= 0.3 is 6.09 Å². The topological polar surface area (TPSA) is 98.7 Å². The molecule has 0 unspecified atom stereocenters. The van der Waals surface area contributed by atoms with Crippen molar-refractivity contribution < 1.29 is 19.0 Å². The molecule has 1 aliphatic heterocycles. The van der Waals surface area contributed by atoms with Gasteiger partial charge in [-0.05, 0) is 39.0 Å². The Labute approximate surface area is 225 Å². The number of carbonyl (C=O) groups excluding carboxylic acids is 1. The molecule has 5 rings (SSSR count). The molecule has 0 aliphatic carbocycles. The number of piperidine rings is 1. The van der Waals surface area contributed by atoms with E-state index in [1.54, 1.807) is 35.7 Å². The Kier molecular flexibility index (Phi) is 7.33. The van der Waals surface area contributed by atoms with E-state index in [9.17, 15) is 4.79 Å². The van der Waals surface area contributed by atoms with Crippen molar-refractivity contribution in [2.45, 2.75) is 45.3 Å². The molecule has 10 heteroatoms. The molecule has 3 heterocycles. The standard InChI is InChI=1S/C28H31N5O4S/c1-28(2,3)37-27(34)33-11-8-20(9-12-33)36-24-16-23-18(14-22(24)25-29-10-13-38-25)17-30-26(32-23)31-19-6-5-7-21(15-19)35-4/h5-7,10,13-17,20H,8-9,11-12H2,1-4H3,(H,30,31,32). The highest BCUT2D eigenvalue weighted by atomic mass is 32.1. The van der Waals surface area contributed by atoms with Gasteiger partial charge in [0.05, 0.1) is 18.2 Å². The Bertz CT molecular complexity index is 1410. The van der Waals surface area contributed by atoms with Gasteiger partial charge < -0.3 is 24.4 Å². The van der Waals surface area contributed by atoms with Crippen LogP contribution >= 0.6 is 11.3 Å². The number of nitrogens with zero attached hydrogens (tertiary/aromatic N) is 4. The highest BCUT2D eigenvalue weighted by Crippen LogP contribution is 2.36. The number of anilines is 2. The lowest BCUT2D eigenvalue weighted by Gasteiger charge is -2.33. The number of rotatable bonds is 6. The van der Waals surface area contributed by atoms with E-state index in [2.05, 4.69) is 15.3 Å². The molecule has 198 valence electrons. The number of fused-ring (bicyclic) bond motifs is 1. The van der Waals surface area contributed by atoms with Crippen LogP contribution in [0.5, 0.6) is 11.5 Å². The first kappa shape index (κ1) is 25.7. The highest BCUT2D eigenvalue weighted by Gasteiger charge is 2.28. The van der Waals surface area contributed by atoms with Crippen molar-refractivity contribution in [3.8, 4) is 22.1 Å². The molecule has 1 saturated heterocycles. The normalized spacial score (nSPS) is 14.4. The third-order valence-corrected chi connectivity index (χ3v) is 6.86. The SMILES string of the molecule is COc1cccc(Nc2ncc3cc(-c4nccs4)c(OC4CCN(C(=O)OC(C)(C)C)CC4)cc3n2)c1. The Morgan fingerprint density at radius 3 is 2.66 bits per heavy atom. The summed E-state index contributed by atoms with van der Waals surface area (Å²) < 4.78 is 17.4. The van der Waals surface area contributed by atoms with E-state index in [-0.39, 0.29) is 12.2 Å². The maximum Gasteiger partial charge on any atom is 0.410 e. The predicted molar refractivity (Wildman–Crippen MR) is 148 cm³/mol. The first-order valence-corrected chi connectivity index (χ1v) is 13.4. The molecule has 1 aliphatic rings. The summed E-state index contributed by atoms with van der Waals surface area (Å²) in [4.78, 5) is 28.0. The fourth-order valence-corrected chi connectivity index (χ4v) is 4.89. The van der Waals surface area contributed by atoms with Crippen molar-refractivity contribution in [3.63, 3.8) is 0 Å². The molecule has 4 aromatic rings. The van der Waals surface area contributed by atoms with E-state index < -0.39 is 5.60 Å². The smallest absolute Gasteiger partial charge is 0.410 e. The Morgan fingerprint density at radius 1 is 1.13 bits per heavy atom. The number of methoxy groups -OCH3 is 1. The number of ether oxygens (including phenoxy) is 3. The van der Waals surface area contributed by atoms with E-state index in [0.29, 0.717) is 37.6 Å². The second-order valence-electron chi connectivity index (χ2n) is 10.1. The third-order valence-electron chi connectivity index (χ3n) is 6.06. The number of benzene rings is 2. The number of aromatic nitrogens is 3. The maximum absolute atomic E-state index is 12.5. The van der Waals surface area contributed by atoms with Crippen LogP contribution in [0.25, 0.3) is 21.5 Å². The van der Waals surface area contributed by atoms with Gasteiger partial charge in [-0.15, -0.1) is 11.3 Å². The molecule has 2 aromatic carbocycles. The molecule has 0 radical (unpaired) electrons. The summed E-state index contributed by atoms with van der Waals surface area (Å²) in [5.74, 6) is 1.94. The van der Waals surface area contributed by atoms with Crippen LogP contribution in [0.3, 0.4) is 0 Å². The highest BCUT2D eigenvalue weighted by molar-refractivity contribution is 7.13. The average molecular weight is 534 g/mol. The van der Waals surface area contributed by atoms with Gasteiger partial charge in [0.25, 0.3) is 0 Å². The predicted octanol–water partition coefficient (Wildman–Crippen LogP) is 6.28. The van der Waals surface area contributed by atoms with Gasteiger partial charge in [0.2, 0.25) is 5.95 Å². The summed E-state index contributed by atoms with van der Waals surface area (Å²) in [5.41, 5.74) is 1.97. The molecule has 38 heavy (non-hydrogen) atoms. The van der Waals surface area contributed by atoms with Crippen molar-refractivity contribution in [1.82, 2.24) is 19.9 Å². The van der Waals surface area contributed by atoms with E-state index >= 15 is 0 Å². The minimum Gasteiger partial charge on any atom is -0.497 e. The van der Waals surface area contributed by atoms with Crippen LogP contribution in [0.4, 0.5) is 16.4 Å². The molecule has 0 bridgehead atoms. The van der Waals surface area contributed by atoms with E-state index in [4.69, 9.17) is 19.2 Å². The zero-order valence-corrected chi connectivity index (χ0v) is 22.7. The van der Waals surface area contributed by atoms with Crippen LogP contribution in [0, 0.1) is 0 Å². The van der Waals surface area contributed by atoms with Crippen LogP contribution < -0.4 is 14.8 Å². The molecule has 0 spiro atoms. The van der Waals surface area contributed by atoms with Gasteiger partial charge in [0.15, 0.2) is 0 Å². The summed E-state index contributed by atoms with van der Waals surface area (Å²) in [6.45, 7) is 6.79. The van der Waals surface area contributed by atoms with Crippen LogP contribution in [0.2, 0.25) is 0 Å². The molecule has 0 atom stereocenters. The van der Waals surface area contributed by atoms with Crippen LogP contribution in [0.1, 0.15) is 33.6 Å². The summed E-state index contributed by atoms with van der Waals surface area (Å²) in [6.07, 6.45) is 4.68. The van der Waals surface area contributed by atoms with Gasteiger partial charge in [-0.1, -0.05) is 6.07 Å². The number of likely N-dealkylation sites (tertiary alicyclic amines) is 1. The van der Waals surface area contributed by atoms with Gasteiger partial charge in [0, 0.05) is 66.9 Å². The lowest BCUT2D eigenvalue weighted by atomic mass is 10.1. The van der Waals surface area contributed by atoms with Crippen LogP contribution in [-0.2, 0) is 4.74 Å². The minimum absolute atomic E-state index is 0.0407. The summed E-state index contributed by atoms with van der Waals surface area (Å²) in [5, 5.41) is 6.94. The van der Waals surface area contributed by atoms with Crippen molar-refractivity contribution in [2.75, 3.05) is 25.5 Å². The average Bonchev–Trinajstić information content (AvgIpc) is 3.43. The summed E-state index contributed by atoms with van der Waals surface area (Å²) in [6, 6.07) is 11.6. The quantitative estimate of drug-likeness (QED) is 0.309. The molecule has 1 fully saturated rings. The van der Waals surface area contributed by atoms with Crippen LogP contribution in [0.15, 0.2) is 54.2 Å². The molecule has 1 N–H and O–H groups in total. The largest absolute Gasteiger partial charge is 0.497 e. The fourth-order valence-electron chi connectivity index (χ4n) is 4.23. The van der Waals surface area contributed by atoms with Crippen molar-refractivity contribution in [1.29, 1.82) is 0 Å². The maximum atomic E-state index is 12.5. The van der Waals surface area contributed by atoms with Gasteiger partial charge in [0.1, 0.15) is 28.2 Å². The number of amides is 1. The summed E-state index contributed by atoms with van der Waals surface area (Å²) >= 11 is 1.55. The van der Waals surface area contributed by atoms with E-state index in [0.717, 1.165) is 32.9 Å². The number of carbonyl (C=O) groups is 1. The molecule has 0 saturated carbocycles. The van der Waals surface area contributed by atoms with Crippen molar-refractivity contribution >= 4 is 40.0 Å². The van der Waals surface area contributed by atoms with E-state index in [1.165, 1.54) is 0 Å². The van der Waals surface area contributed by atoms with Crippen molar-refractivity contribution in [2.24, 2.45) is 0 Å². The van der Waals surface area contributed by atoms with Gasteiger partial charge in [-0.2, -0.15) is 0 Å². The number of nitrogens with one attached hydrogen (secondary N) is 1. The number of thiazole rings is 1. The van der Waals surface area contributed by atoms with Crippen molar-refractivity contribution in [3.05, 3.63) is 54.2 Å². The Hall–Kier alpha value is -3.92. The second kappa shape index (κ2) is 10.8. The zero-order valence-electron chi connectivity index (χ0n) is 21.9. The lowest BCUT2D eigenvalue weighted by molar-refractivity contribution is 0.0127. The Morgan fingerprint density at radius 2 is 1.95 bits per heavy atom. The molecule has 2 aromatic heterocycles. The van der Waals surface area contributed by atoms with Gasteiger partial charge in [-0.3, -0.25) is 0 Å². The first-order valence-electron chi connectivity index (χ1n) is 12.5. The Balaban J connectivity index is 1.37. The van der Waals surface area contributed by atoms with Gasteiger partial charge in [-0.25, -0.2) is 19.7 Å². The number of hydrogen-bond acceptors (Lipinski definition) is 9. The molecular formula is C28H31N5O4S. The van der Waals surface area contributed by atoms with E-state index in [1.807, 2.05) is 62.5 Å². The second-order valence-corrected chi connectivity index (χ2v) is 11.0. The zero-order chi connectivity index (χ0) is 26.7. The molecule has 9 nitrogen and oxygen atoms in total. The minimum atomic E-state index is -0.514. The number of hydrogen-bond donors (Lipinski definition) is 1. The first-order chi connectivity index (χ1) is 18.3. The summed E-state index contributed by atoms with van der Waals surface area (Å²) in [7, 11) is 1.63. The third kappa shape index (κ3) is 6.13. The van der Waals surface area contributed by atoms with Crippen LogP contribution in [-0.4, -0.2) is 57.8 Å². The lowest BCUT2D eigenvalue weighted by Crippen LogP contribution is -2.44. The molecule has 1 amide bonds.